The van der Waals surface area contributed by atoms with Crippen molar-refractivity contribution in [2.24, 2.45) is 0 Å². The van der Waals surface area contributed by atoms with Crippen molar-refractivity contribution in [3.63, 3.8) is 0 Å². The molecule has 2 aromatic rings. The lowest BCUT2D eigenvalue weighted by Gasteiger charge is -2.16. The van der Waals surface area contributed by atoms with Gasteiger partial charge in [-0.25, -0.2) is 0 Å². The fraction of sp³-hybridized carbons (Fsp3) is 0.214. The molecule has 2 heterocycles. The van der Waals surface area contributed by atoms with Crippen molar-refractivity contribution in [2.75, 3.05) is 13.6 Å². The Morgan fingerprint density at radius 2 is 2.21 bits per heavy atom. The molecule has 98 valence electrons. The summed E-state index contributed by atoms with van der Waals surface area (Å²) in [5.74, 6) is -0.280. The summed E-state index contributed by atoms with van der Waals surface area (Å²) in [6, 6.07) is 7.02. The molecular weight excluding hydrogens is 242 g/mol. The van der Waals surface area contributed by atoms with Crippen LogP contribution < -0.4 is 5.43 Å². The van der Waals surface area contributed by atoms with E-state index in [0.29, 0.717) is 13.0 Å². The molecule has 5 nitrogen and oxygen atoms in total. The van der Waals surface area contributed by atoms with E-state index < -0.39 is 0 Å². The molecule has 0 unspecified atom stereocenters. The first-order chi connectivity index (χ1) is 9.18. The summed E-state index contributed by atoms with van der Waals surface area (Å²) in [4.78, 5) is 32.1. The molecule has 0 radical (unpaired) electrons. The Morgan fingerprint density at radius 3 is 2.89 bits per heavy atom. The molecule has 2 aromatic heterocycles. The maximum Gasteiger partial charge on any atom is 0.259 e. The maximum absolute atomic E-state index is 12.1. The van der Waals surface area contributed by atoms with Gasteiger partial charge in [0.05, 0.1) is 0 Å². The van der Waals surface area contributed by atoms with Crippen molar-refractivity contribution in [3.05, 3.63) is 64.3 Å². The summed E-state index contributed by atoms with van der Waals surface area (Å²) in [6.07, 6.45) is 5.32. The molecule has 5 heteroatoms. The second-order valence-electron chi connectivity index (χ2n) is 4.22. The predicted molar refractivity (Wildman–Crippen MR) is 72.0 cm³/mol. The molecule has 0 spiro atoms. The summed E-state index contributed by atoms with van der Waals surface area (Å²) in [7, 11) is 1.68. The zero-order valence-corrected chi connectivity index (χ0v) is 10.7. The second kappa shape index (κ2) is 5.95. The second-order valence-corrected chi connectivity index (χ2v) is 4.22. The molecule has 0 saturated heterocycles. The van der Waals surface area contributed by atoms with Crippen molar-refractivity contribution >= 4 is 5.91 Å². The smallest absolute Gasteiger partial charge is 0.259 e. The number of carbonyl (C=O) groups excluding carboxylic acids is 1. The van der Waals surface area contributed by atoms with Crippen LogP contribution in [0.15, 0.2) is 47.7 Å². The van der Waals surface area contributed by atoms with E-state index in [1.807, 2.05) is 18.2 Å². The van der Waals surface area contributed by atoms with Gasteiger partial charge in [0.1, 0.15) is 5.56 Å². The highest BCUT2D eigenvalue weighted by molar-refractivity contribution is 5.93. The highest BCUT2D eigenvalue weighted by Gasteiger charge is 2.14. The number of aromatic amines is 1. The Kier molecular flexibility index (Phi) is 4.07. The minimum absolute atomic E-state index is 0.158. The van der Waals surface area contributed by atoms with Crippen LogP contribution in [0.25, 0.3) is 0 Å². The van der Waals surface area contributed by atoms with Crippen LogP contribution in [0.2, 0.25) is 0 Å². The van der Waals surface area contributed by atoms with E-state index in [1.54, 1.807) is 13.2 Å². The lowest BCUT2D eigenvalue weighted by atomic mass is 10.2. The Bertz CT molecular complexity index is 607. The number of H-pyrrole nitrogens is 1. The Labute approximate surface area is 110 Å². The van der Waals surface area contributed by atoms with Gasteiger partial charge in [-0.1, -0.05) is 6.07 Å². The molecule has 2 rings (SSSR count). The van der Waals surface area contributed by atoms with Crippen LogP contribution in [-0.2, 0) is 6.42 Å². The number of likely N-dealkylation sites (N-methyl/N-ethyl adjacent to an activating group) is 1. The molecule has 0 aromatic carbocycles. The van der Waals surface area contributed by atoms with Gasteiger partial charge >= 0.3 is 0 Å². The summed E-state index contributed by atoms with van der Waals surface area (Å²) >= 11 is 0. The first-order valence-corrected chi connectivity index (χ1v) is 6.01. The molecule has 0 atom stereocenters. The van der Waals surface area contributed by atoms with Crippen LogP contribution in [-0.4, -0.2) is 34.4 Å². The van der Waals surface area contributed by atoms with Gasteiger partial charge in [-0.3, -0.25) is 14.6 Å². The lowest BCUT2D eigenvalue weighted by Crippen LogP contribution is -2.32. The summed E-state index contributed by atoms with van der Waals surface area (Å²) < 4.78 is 0. The Morgan fingerprint density at radius 1 is 1.37 bits per heavy atom. The van der Waals surface area contributed by atoms with E-state index in [1.165, 1.54) is 23.4 Å². The highest BCUT2D eigenvalue weighted by atomic mass is 16.2. The van der Waals surface area contributed by atoms with Gasteiger partial charge in [-0.15, -0.1) is 0 Å². The lowest BCUT2D eigenvalue weighted by molar-refractivity contribution is 0.0794. The molecular formula is C14H15N3O2. The zero-order valence-electron chi connectivity index (χ0n) is 10.7. The van der Waals surface area contributed by atoms with Crippen LogP contribution in [0.5, 0.6) is 0 Å². The van der Waals surface area contributed by atoms with E-state index in [0.717, 1.165) is 5.69 Å². The van der Waals surface area contributed by atoms with Gasteiger partial charge in [0.25, 0.3) is 5.91 Å². The molecule has 0 aliphatic carbocycles. The third kappa shape index (κ3) is 3.28. The van der Waals surface area contributed by atoms with Gasteiger partial charge in [0.2, 0.25) is 0 Å². The molecule has 19 heavy (non-hydrogen) atoms. The standard InChI is InChI=1S/C14H15N3O2/c1-17(9-6-11-4-2-3-7-16-11)14(19)12-10-15-8-5-13(12)18/h2-5,7-8,10H,6,9H2,1H3,(H,15,18). The van der Waals surface area contributed by atoms with Crippen molar-refractivity contribution in [2.45, 2.75) is 6.42 Å². The quantitative estimate of drug-likeness (QED) is 0.891. The predicted octanol–water partition coefficient (Wildman–Crippen LogP) is 1.08. The van der Waals surface area contributed by atoms with Crippen LogP contribution >= 0.6 is 0 Å². The van der Waals surface area contributed by atoms with Crippen molar-refractivity contribution in [3.8, 4) is 0 Å². The number of rotatable bonds is 4. The number of nitrogens with zero attached hydrogens (tertiary/aromatic N) is 2. The monoisotopic (exact) mass is 257 g/mol. The first kappa shape index (κ1) is 13.0. The van der Waals surface area contributed by atoms with Gasteiger partial charge in [0, 0.05) is 50.4 Å². The minimum atomic E-state index is -0.280. The molecule has 1 N–H and O–H groups in total. The molecule has 0 aliphatic heterocycles. The maximum atomic E-state index is 12.1. The third-order valence-electron chi connectivity index (χ3n) is 2.83. The molecule has 0 bridgehead atoms. The van der Waals surface area contributed by atoms with Crippen LogP contribution in [0.4, 0.5) is 0 Å². The van der Waals surface area contributed by atoms with Gasteiger partial charge < -0.3 is 9.88 Å². The molecule has 0 fully saturated rings. The summed E-state index contributed by atoms with van der Waals surface area (Å²) in [5, 5.41) is 0. The van der Waals surface area contributed by atoms with Gasteiger partial charge in [-0.05, 0) is 12.1 Å². The Balaban J connectivity index is 2.01. The molecule has 0 aliphatic rings. The van der Waals surface area contributed by atoms with Gasteiger partial charge in [0.15, 0.2) is 5.43 Å². The van der Waals surface area contributed by atoms with Crippen LogP contribution in [0.1, 0.15) is 16.1 Å². The zero-order chi connectivity index (χ0) is 13.7. The highest BCUT2D eigenvalue weighted by Crippen LogP contribution is 2.00. The average Bonchev–Trinajstić information content (AvgIpc) is 2.45. The van der Waals surface area contributed by atoms with Gasteiger partial charge in [-0.2, -0.15) is 0 Å². The van der Waals surface area contributed by atoms with E-state index in [9.17, 15) is 9.59 Å². The largest absolute Gasteiger partial charge is 0.367 e. The number of aromatic nitrogens is 2. The van der Waals surface area contributed by atoms with Crippen LogP contribution in [0.3, 0.4) is 0 Å². The Hall–Kier alpha value is -2.43. The first-order valence-electron chi connectivity index (χ1n) is 6.01. The van der Waals surface area contributed by atoms with E-state index in [4.69, 9.17) is 0 Å². The normalized spacial score (nSPS) is 10.2. The van der Waals surface area contributed by atoms with E-state index in [2.05, 4.69) is 9.97 Å². The van der Waals surface area contributed by atoms with Crippen molar-refractivity contribution in [1.82, 2.24) is 14.9 Å². The topological polar surface area (TPSA) is 66.1 Å². The van der Waals surface area contributed by atoms with E-state index in [-0.39, 0.29) is 16.9 Å². The van der Waals surface area contributed by atoms with Crippen molar-refractivity contribution < 1.29 is 4.79 Å². The molecule has 1 amide bonds. The number of pyridine rings is 2. The fourth-order valence-electron chi connectivity index (χ4n) is 1.72. The van der Waals surface area contributed by atoms with Crippen molar-refractivity contribution in [1.29, 1.82) is 0 Å². The summed E-state index contributed by atoms with van der Waals surface area (Å²) in [5.41, 5.74) is 0.809. The average molecular weight is 257 g/mol. The third-order valence-corrected chi connectivity index (χ3v) is 2.83. The van der Waals surface area contributed by atoms with E-state index >= 15 is 0 Å². The SMILES string of the molecule is CN(CCc1ccccn1)C(=O)c1c[nH]ccc1=O. The number of nitrogens with one attached hydrogen (secondary N) is 1. The molecule has 0 saturated carbocycles. The number of carbonyl (C=O) groups is 1. The number of hydrogen-bond donors (Lipinski definition) is 1. The van der Waals surface area contributed by atoms with Crippen LogP contribution in [0, 0.1) is 0 Å². The minimum Gasteiger partial charge on any atom is -0.367 e. The number of hydrogen-bond acceptors (Lipinski definition) is 3. The number of amides is 1. The summed E-state index contributed by atoms with van der Waals surface area (Å²) in [6.45, 7) is 0.518. The fourth-order valence-corrected chi connectivity index (χ4v) is 1.72.